The Morgan fingerprint density at radius 2 is 1.86 bits per heavy atom. The van der Waals surface area contributed by atoms with Crippen molar-refractivity contribution < 1.29 is 9.53 Å². The van der Waals surface area contributed by atoms with Gasteiger partial charge in [-0.05, 0) is 91.7 Å². The monoisotopic (exact) mass is 488 g/mol. The summed E-state index contributed by atoms with van der Waals surface area (Å²) in [5.74, 6) is 3.02. The first-order valence-electron chi connectivity index (χ1n) is 14.6. The highest BCUT2D eigenvalue weighted by atomic mass is 16.5. The van der Waals surface area contributed by atoms with E-state index in [1.54, 1.807) is 5.57 Å². The van der Waals surface area contributed by atoms with Gasteiger partial charge in [0.2, 0.25) is 0 Å². The van der Waals surface area contributed by atoms with E-state index in [0.29, 0.717) is 11.0 Å². The van der Waals surface area contributed by atoms with Gasteiger partial charge in [-0.3, -0.25) is 0 Å². The van der Waals surface area contributed by atoms with Gasteiger partial charge in [-0.2, -0.15) is 0 Å². The van der Waals surface area contributed by atoms with E-state index in [4.69, 9.17) is 4.74 Å². The maximum absolute atomic E-state index is 12.6. The van der Waals surface area contributed by atoms with Gasteiger partial charge in [0.1, 0.15) is 6.10 Å². The lowest BCUT2D eigenvalue weighted by molar-refractivity contribution is 0.0270. The van der Waals surface area contributed by atoms with Crippen LogP contribution in [0.1, 0.15) is 109 Å². The van der Waals surface area contributed by atoms with Gasteiger partial charge in [0, 0.05) is 6.42 Å². The predicted octanol–water partition coefficient (Wildman–Crippen LogP) is 9.48. The molecule has 1 aromatic rings. The van der Waals surface area contributed by atoms with Crippen LogP contribution in [-0.4, -0.2) is 12.1 Å². The topological polar surface area (TPSA) is 26.3 Å². The Bertz CT molecular complexity index is 968. The number of carbonyl (C=O) groups excluding carboxylic acids is 1. The van der Waals surface area contributed by atoms with Crippen LogP contribution in [0.25, 0.3) is 0 Å². The molecular weight excluding hydrogens is 440 g/mol. The normalized spacial score (nSPS) is 31.6. The summed E-state index contributed by atoms with van der Waals surface area (Å²) < 4.78 is 5.88. The Kier molecular flexibility index (Phi) is 8.96. The molecule has 3 aliphatic carbocycles. The maximum Gasteiger partial charge on any atom is 0.338 e. The Morgan fingerprint density at radius 1 is 1.08 bits per heavy atom. The predicted molar refractivity (Wildman–Crippen MR) is 151 cm³/mol. The van der Waals surface area contributed by atoms with E-state index < -0.39 is 0 Å². The zero-order valence-electron chi connectivity index (χ0n) is 23.2. The van der Waals surface area contributed by atoms with E-state index in [1.807, 2.05) is 30.3 Å². The summed E-state index contributed by atoms with van der Waals surface area (Å²) in [6.45, 7) is 14.2. The average Bonchev–Trinajstić information content (AvgIpc) is 3.22. The first kappa shape index (κ1) is 27.0. The van der Waals surface area contributed by atoms with E-state index in [9.17, 15) is 4.79 Å². The molecule has 2 nitrogen and oxygen atoms in total. The molecule has 0 bridgehead atoms. The summed E-state index contributed by atoms with van der Waals surface area (Å²) in [5.41, 5.74) is 5.22. The minimum atomic E-state index is -0.214. The summed E-state index contributed by atoms with van der Waals surface area (Å²) >= 11 is 0. The van der Waals surface area contributed by atoms with Crippen LogP contribution in [0.4, 0.5) is 0 Å². The highest BCUT2D eigenvalue weighted by Crippen LogP contribution is 2.60. The summed E-state index contributed by atoms with van der Waals surface area (Å²) in [4.78, 5) is 12.6. The van der Waals surface area contributed by atoms with Gasteiger partial charge in [0.25, 0.3) is 0 Å². The number of allylic oxidation sites excluding steroid dienone is 4. The fourth-order valence-electron chi connectivity index (χ4n) is 7.54. The lowest BCUT2D eigenvalue weighted by Gasteiger charge is -2.44. The van der Waals surface area contributed by atoms with Gasteiger partial charge >= 0.3 is 5.97 Å². The van der Waals surface area contributed by atoms with Crippen molar-refractivity contribution in [2.24, 2.45) is 29.1 Å². The van der Waals surface area contributed by atoms with Gasteiger partial charge in [0.05, 0.1) is 5.56 Å². The van der Waals surface area contributed by atoms with Crippen LogP contribution in [0.5, 0.6) is 0 Å². The molecule has 4 rings (SSSR count). The molecule has 0 amide bonds. The quantitative estimate of drug-likeness (QED) is 0.341. The van der Waals surface area contributed by atoms with Gasteiger partial charge in [-0.25, -0.2) is 4.79 Å². The van der Waals surface area contributed by atoms with Gasteiger partial charge in [-0.1, -0.05) is 95.0 Å². The standard InChI is InChI=1S/C34H48O2/c1-24(2)11-9-12-26(4)31-20-21-32-27(15-10-22-34(31,32)5)17-18-29-23-30(19-16-25(29)3)36-33(35)28-13-7-6-8-14-28/h6-8,13-14,17-18,24,26,30-32H,3,9-12,15-16,19-23H2,1-2,4-5H3/t26-,30+,31-,32?,34-/m1/s1. The molecule has 1 unspecified atom stereocenters. The Labute approximate surface area is 220 Å². The molecule has 0 spiro atoms. The van der Waals surface area contributed by atoms with E-state index in [1.165, 1.54) is 62.5 Å². The molecule has 36 heavy (non-hydrogen) atoms. The minimum absolute atomic E-state index is 0.0629. The molecule has 0 N–H and O–H groups in total. The molecule has 3 saturated carbocycles. The zero-order valence-corrected chi connectivity index (χ0v) is 23.2. The third-order valence-corrected chi connectivity index (χ3v) is 9.62. The zero-order chi connectivity index (χ0) is 25.7. The Balaban J connectivity index is 1.41. The molecule has 1 aromatic carbocycles. The van der Waals surface area contributed by atoms with Crippen LogP contribution in [-0.2, 0) is 4.74 Å². The fourth-order valence-corrected chi connectivity index (χ4v) is 7.54. The van der Waals surface area contributed by atoms with Crippen molar-refractivity contribution in [1.82, 2.24) is 0 Å². The molecule has 0 heterocycles. The maximum atomic E-state index is 12.6. The molecule has 3 fully saturated rings. The molecule has 0 radical (unpaired) electrons. The summed E-state index contributed by atoms with van der Waals surface area (Å²) in [7, 11) is 0. The van der Waals surface area contributed by atoms with E-state index in [-0.39, 0.29) is 12.1 Å². The van der Waals surface area contributed by atoms with Crippen molar-refractivity contribution in [2.45, 2.75) is 104 Å². The van der Waals surface area contributed by atoms with Crippen LogP contribution in [0.15, 0.2) is 65.8 Å². The van der Waals surface area contributed by atoms with E-state index in [0.717, 1.165) is 42.9 Å². The third kappa shape index (κ3) is 6.24. The minimum Gasteiger partial charge on any atom is -0.458 e. The van der Waals surface area contributed by atoms with Crippen LogP contribution < -0.4 is 0 Å². The smallest absolute Gasteiger partial charge is 0.338 e. The SMILES string of the molecule is C=C1CC[C@H](OC(=O)c2ccccc2)CC1=CC=C1CCC[C@@]2(C)C1CC[C@@H]2[C@H](C)CCCC(C)C. The highest BCUT2D eigenvalue weighted by Gasteiger charge is 2.50. The van der Waals surface area contributed by atoms with Gasteiger partial charge in [-0.15, -0.1) is 0 Å². The summed E-state index contributed by atoms with van der Waals surface area (Å²) in [6.07, 6.45) is 18.0. The van der Waals surface area contributed by atoms with Gasteiger partial charge in [0.15, 0.2) is 0 Å². The second kappa shape index (κ2) is 12.0. The summed E-state index contributed by atoms with van der Waals surface area (Å²) in [6, 6.07) is 9.34. The van der Waals surface area contributed by atoms with Gasteiger partial charge < -0.3 is 4.74 Å². The number of hydrogen-bond donors (Lipinski definition) is 0. The van der Waals surface area contributed by atoms with Crippen molar-refractivity contribution in [2.75, 3.05) is 0 Å². The van der Waals surface area contributed by atoms with Crippen molar-refractivity contribution in [3.8, 4) is 0 Å². The van der Waals surface area contributed by atoms with Crippen LogP contribution in [0.3, 0.4) is 0 Å². The number of carbonyl (C=O) groups is 1. The average molecular weight is 489 g/mol. The Morgan fingerprint density at radius 3 is 2.61 bits per heavy atom. The lowest BCUT2D eigenvalue weighted by Crippen LogP contribution is -2.36. The molecule has 0 aliphatic heterocycles. The molecule has 0 aromatic heterocycles. The number of ether oxygens (including phenoxy) is 1. The number of benzene rings is 1. The van der Waals surface area contributed by atoms with Crippen molar-refractivity contribution in [3.63, 3.8) is 0 Å². The first-order chi connectivity index (χ1) is 17.3. The molecular formula is C34H48O2. The fraction of sp³-hybridized carbons (Fsp3) is 0.618. The third-order valence-electron chi connectivity index (χ3n) is 9.62. The second-order valence-electron chi connectivity index (χ2n) is 12.6. The molecule has 3 aliphatic rings. The largest absolute Gasteiger partial charge is 0.458 e. The Hall–Kier alpha value is -2.09. The van der Waals surface area contributed by atoms with Crippen molar-refractivity contribution in [3.05, 3.63) is 71.3 Å². The van der Waals surface area contributed by atoms with E-state index >= 15 is 0 Å². The number of hydrogen-bond acceptors (Lipinski definition) is 2. The molecule has 5 atom stereocenters. The molecule has 196 valence electrons. The van der Waals surface area contributed by atoms with Crippen LogP contribution >= 0.6 is 0 Å². The first-order valence-corrected chi connectivity index (χ1v) is 14.6. The molecule has 0 saturated heterocycles. The number of fused-ring (bicyclic) bond motifs is 1. The van der Waals surface area contributed by atoms with Crippen LogP contribution in [0, 0.1) is 29.1 Å². The van der Waals surface area contributed by atoms with Crippen molar-refractivity contribution in [1.29, 1.82) is 0 Å². The lowest BCUT2D eigenvalue weighted by atomic mass is 9.60. The number of rotatable bonds is 8. The van der Waals surface area contributed by atoms with Crippen molar-refractivity contribution >= 4 is 5.97 Å². The molecule has 2 heteroatoms. The summed E-state index contributed by atoms with van der Waals surface area (Å²) in [5, 5.41) is 0. The highest BCUT2D eigenvalue weighted by molar-refractivity contribution is 5.89. The number of esters is 1. The van der Waals surface area contributed by atoms with E-state index in [2.05, 4.69) is 46.4 Å². The van der Waals surface area contributed by atoms with Crippen LogP contribution in [0.2, 0.25) is 0 Å². The second-order valence-corrected chi connectivity index (χ2v) is 12.6.